The molecule has 10 heteroatoms. The minimum absolute atomic E-state index is 0.139. The maximum absolute atomic E-state index is 12.6. The van der Waals surface area contributed by atoms with E-state index in [0.717, 1.165) is 41.9 Å². The average molecular weight is 474 g/mol. The van der Waals surface area contributed by atoms with Gasteiger partial charge in [-0.05, 0) is 50.3 Å². The zero-order valence-corrected chi connectivity index (χ0v) is 19.7. The molecule has 0 aliphatic heterocycles. The fraction of sp³-hybridized carbons (Fsp3) is 0.409. The number of nitrogens with one attached hydrogen (secondary N) is 1. The Bertz CT molecular complexity index is 1100. The number of anilines is 1. The van der Waals surface area contributed by atoms with Gasteiger partial charge in [-0.15, -0.1) is 23.1 Å². The lowest BCUT2D eigenvalue weighted by molar-refractivity contribution is -0.115. The minimum atomic E-state index is -0.639. The number of aromatic nitrogens is 1. The van der Waals surface area contributed by atoms with Crippen LogP contribution in [0.4, 0.5) is 5.00 Å². The summed E-state index contributed by atoms with van der Waals surface area (Å²) in [5.41, 5.74) is 3.24. The molecule has 3 rings (SSSR count). The Morgan fingerprint density at radius 1 is 1.31 bits per heavy atom. The van der Waals surface area contributed by atoms with Gasteiger partial charge in [0.25, 0.3) is 0 Å². The van der Waals surface area contributed by atoms with Gasteiger partial charge in [0, 0.05) is 17.9 Å². The molecular weight excluding hydrogens is 450 g/mol. The van der Waals surface area contributed by atoms with Crippen LogP contribution >= 0.6 is 23.1 Å². The summed E-state index contributed by atoms with van der Waals surface area (Å²) in [7, 11) is 1.24. The lowest BCUT2D eigenvalue weighted by Crippen LogP contribution is -2.14. The molecule has 0 radical (unpaired) electrons. The summed E-state index contributed by atoms with van der Waals surface area (Å²) in [6.07, 6.45) is 3.04. The number of fused-ring (bicyclic) bond motifs is 1. The van der Waals surface area contributed by atoms with E-state index in [4.69, 9.17) is 9.47 Å². The normalized spacial score (nSPS) is 12.1. The van der Waals surface area contributed by atoms with Crippen LogP contribution in [0.1, 0.15) is 62.2 Å². The molecule has 0 atom stereocenters. The monoisotopic (exact) mass is 473 g/mol. The van der Waals surface area contributed by atoms with Crippen molar-refractivity contribution in [2.45, 2.75) is 44.6 Å². The number of pyridine rings is 1. The molecule has 0 aromatic carbocycles. The summed E-state index contributed by atoms with van der Waals surface area (Å²) in [5, 5.41) is 13.0. The van der Waals surface area contributed by atoms with E-state index in [2.05, 4.69) is 16.4 Å². The lowest BCUT2D eigenvalue weighted by Gasteiger charge is -2.08. The lowest BCUT2D eigenvalue weighted by atomic mass is 10.1. The van der Waals surface area contributed by atoms with E-state index in [-0.39, 0.29) is 34.4 Å². The molecule has 1 aliphatic carbocycles. The number of thiophene rings is 1. The highest BCUT2D eigenvalue weighted by Gasteiger charge is 2.27. The molecule has 168 valence electrons. The summed E-state index contributed by atoms with van der Waals surface area (Å²) in [4.78, 5) is 41.8. The van der Waals surface area contributed by atoms with E-state index in [0.29, 0.717) is 21.9 Å². The van der Waals surface area contributed by atoms with Gasteiger partial charge in [-0.3, -0.25) is 4.79 Å². The molecule has 2 heterocycles. The van der Waals surface area contributed by atoms with E-state index in [1.54, 1.807) is 13.8 Å². The van der Waals surface area contributed by atoms with Gasteiger partial charge in [-0.1, -0.05) is 0 Å². The van der Waals surface area contributed by atoms with Gasteiger partial charge in [0.05, 0.1) is 24.8 Å². The predicted molar refractivity (Wildman–Crippen MR) is 121 cm³/mol. The Morgan fingerprint density at radius 2 is 2.09 bits per heavy atom. The van der Waals surface area contributed by atoms with Gasteiger partial charge in [-0.25, -0.2) is 14.6 Å². The molecule has 1 amide bonds. The number of carbonyl (C=O) groups excluding carboxylic acids is 3. The number of ether oxygens (including phenoxy) is 2. The number of hydrogen-bond donors (Lipinski definition) is 1. The Morgan fingerprint density at radius 3 is 2.78 bits per heavy atom. The molecule has 0 fully saturated rings. The second-order valence-electron chi connectivity index (χ2n) is 7.03. The predicted octanol–water partition coefficient (Wildman–Crippen LogP) is 3.90. The number of esters is 2. The molecule has 0 unspecified atom stereocenters. The quantitative estimate of drug-likeness (QED) is 0.453. The van der Waals surface area contributed by atoms with E-state index in [9.17, 15) is 19.6 Å². The van der Waals surface area contributed by atoms with Crippen LogP contribution < -0.4 is 5.32 Å². The van der Waals surface area contributed by atoms with E-state index >= 15 is 0 Å². The first-order valence-electron chi connectivity index (χ1n) is 10.1. The fourth-order valence-electron chi connectivity index (χ4n) is 3.41. The Balaban J connectivity index is 1.69. The number of rotatable bonds is 8. The van der Waals surface area contributed by atoms with Crippen LogP contribution in [0, 0.1) is 18.3 Å². The van der Waals surface area contributed by atoms with Crippen LogP contribution in [0.3, 0.4) is 0 Å². The number of methoxy groups -OCH3 is 1. The molecule has 2 aromatic heterocycles. The topological polar surface area (TPSA) is 118 Å². The highest BCUT2D eigenvalue weighted by atomic mass is 32.2. The minimum Gasteiger partial charge on any atom is -0.465 e. The molecule has 1 aliphatic rings. The van der Waals surface area contributed by atoms with Crippen molar-refractivity contribution in [3.8, 4) is 6.07 Å². The first kappa shape index (κ1) is 23.8. The number of amides is 1. The van der Waals surface area contributed by atoms with Gasteiger partial charge in [0.2, 0.25) is 5.91 Å². The van der Waals surface area contributed by atoms with Gasteiger partial charge in [0.15, 0.2) is 0 Å². The van der Waals surface area contributed by atoms with Crippen molar-refractivity contribution in [3.63, 3.8) is 0 Å². The molecular formula is C22H23N3O5S2. The molecule has 0 saturated heterocycles. The van der Waals surface area contributed by atoms with Crippen molar-refractivity contribution in [1.29, 1.82) is 5.26 Å². The molecule has 32 heavy (non-hydrogen) atoms. The highest BCUT2D eigenvalue weighted by Crippen LogP contribution is 2.34. The number of carbonyl (C=O) groups is 3. The smallest absolute Gasteiger partial charge is 0.348 e. The maximum Gasteiger partial charge on any atom is 0.348 e. The van der Waals surface area contributed by atoms with Gasteiger partial charge in [0.1, 0.15) is 21.0 Å². The molecule has 1 N–H and O–H groups in total. The van der Waals surface area contributed by atoms with Crippen molar-refractivity contribution in [2.24, 2.45) is 0 Å². The maximum atomic E-state index is 12.6. The third-order valence-electron chi connectivity index (χ3n) is 4.95. The summed E-state index contributed by atoms with van der Waals surface area (Å²) < 4.78 is 9.85. The van der Waals surface area contributed by atoms with Crippen LogP contribution in [0.5, 0.6) is 0 Å². The van der Waals surface area contributed by atoms with Crippen LogP contribution in [0.2, 0.25) is 0 Å². The highest BCUT2D eigenvalue weighted by molar-refractivity contribution is 7.99. The average Bonchev–Trinajstić information content (AvgIpc) is 3.36. The summed E-state index contributed by atoms with van der Waals surface area (Å²) in [6, 6.07) is 4.08. The zero-order chi connectivity index (χ0) is 23.3. The Labute approximate surface area is 194 Å². The second-order valence-corrected chi connectivity index (χ2v) is 9.14. The molecule has 2 aromatic rings. The van der Waals surface area contributed by atoms with Crippen LogP contribution in [-0.2, 0) is 27.1 Å². The molecule has 0 bridgehead atoms. The van der Waals surface area contributed by atoms with Crippen molar-refractivity contribution >= 4 is 45.9 Å². The van der Waals surface area contributed by atoms with E-state index in [1.807, 2.05) is 6.07 Å². The molecule has 8 nitrogen and oxygen atoms in total. The largest absolute Gasteiger partial charge is 0.465 e. The van der Waals surface area contributed by atoms with Crippen molar-refractivity contribution in [1.82, 2.24) is 4.98 Å². The van der Waals surface area contributed by atoms with Gasteiger partial charge >= 0.3 is 11.9 Å². The summed E-state index contributed by atoms with van der Waals surface area (Å²) in [6.45, 7) is 3.50. The van der Waals surface area contributed by atoms with Crippen molar-refractivity contribution in [2.75, 3.05) is 24.8 Å². The first-order valence-corrected chi connectivity index (χ1v) is 11.9. The van der Waals surface area contributed by atoms with Crippen molar-refractivity contribution in [3.05, 3.63) is 38.9 Å². The first-order chi connectivity index (χ1) is 15.4. The number of thioether (sulfide) groups is 1. The van der Waals surface area contributed by atoms with E-state index < -0.39 is 11.9 Å². The zero-order valence-electron chi connectivity index (χ0n) is 18.1. The van der Waals surface area contributed by atoms with Crippen LogP contribution in [0.15, 0.2) is 11.1 Å². The third kappa shape index (κ3) is 5.11. The molecule has 0 spiro atoms. The fourth-order valence-corrected chi connectivity index (χ4v) is 5.43. The SMILES string of the molecule is CCOC(=O)c1sc(NC(=O)CCSc2nc3c(cc2C#N)CCC3)c(C(=O)OC)c1C. The number of hydrogen-bond acceptors (Lipinski definition) is 9. The Kier molecular flexibility index (Phi) is 7.88. The number of nitrogens with zero attached hydrogens (tertiary/aromatic N) is 2. The third-order valence-corrected chi connectivity index (χ3v) is 7.13. The van der Waals surface area contributed by atoms with E-state index in [1.165, 1.54) is 18.9 Å². The Hall–Kier alpha value is -2.90. The summed E-state index contributed by atoms with van der Waals surface area (Å²) >= 11 is 2.34. The number of aryl methyl sites for hydroxylation is 2. The molecule has 0 saturated carbocycles. The van der Waals surface area contributed by atoms with Gasteiger partial charge in [-0.2, -0.15) is 5.26 Å². The van der Waals surface area contributed by atoms with Crippen molar-refractivity contribution < 1.29 is 23.9 Å². The van der Waals surface area contributed by atoms with Crippen LogP contribution in [-0.4, -0.2) is 42.3 Å². The van der Waals surface area contributed by atoms with Gasteiger partial charge < -0.3 is 14.8 Å². The van der Waals surface area contributed by atoms with Crippen LogP contribution in [0.25, 0.3) is 0 Å². The second kappa shape index (κ2) is 10.6. The number of nitriles is 1. The summed E-state index contributed by atoms with van der Waals surface area (Å²) in [5.74, 6) is -1.10. The standard InChI is InChI=1S/C22H23N3O5S2/c1-4-30-22(28)18-12(2)17(21(27)29-3)20(32-18)25-16(26)8-9-31-19-14(11-23)10-13-6-5-7-15(13)24-19/h10H,4-9H2,1-3H3,(H,25,26).